The van der Waals surface area contributed by atoms with Crippen LogP contribution in [0.1, 0.15) is 30.0 Å². The molecular formula is C28H29NO4S. The molecular weight excluding hydrogens is 446 g/mol. The molecule has 1 heterocycles. The number of carbonyl (C=O) groups excluding carboxylic acids is 1. The first-order valence-electron chi connectivity index (χ1n) is 11.3. The van der Waals surface area contributed by atoms with Crippen molar-refractivity contribution in [2.75, 3.05) is 13.1 Å². The third-order valence-electron chi connectivity index (χ3n) is 6.22. The molecule has 1 aliphatic rings. The molecule has 176 valence electrons. The lowest BCUT2D eigenvalue weighted by molar-refractivity contribution is -0.153. The number of sulfonamides is 1. The van der Waals surface area contributed by atoms with Crippen molar-refractivity contribution >= 4 is 16.0 Å². The summed E-state index contributed by atoms with van der Waals surface area (Å²) in [5.74, 6) is -0.409. The lowest BCUT2D eigenvalue weighted by atomic mass is 9.70. The van der Waals surface area contributed by atoms with E-state index in [4.69, 9.17) is 4.74 Å². The van der Waals surface area contributed by atoms with Crippen molar-refractivity contribution in [2.24, 2.45) is 0 Å². The molecule has 0 N–H and O–H groups in total. The highest BCUT2D eigenvalue weighted by molar-refractivity contribution is 7.89. The highest BCUT2D eigenvalue weighted by atomic mass is 32.2. The van der Waals surface area contributed by atoms with E-state index in [1.807, 2.05) is 67.6 Å². The summed E-state index contributed by atoms with van der Waals surface area (Å²) >= 11 is 0. The van der Waals surface area contributed by atoms with Crippen LogP contribution in [0.15, 0.2) is 102 Å². The molecule has 3 aromatic rings. The third-order valence-corrected chi connectivity index (χ3v) is 8.05. The third kappa shape index (κ3) is 4.56. The molecule has 0 radical (unpaired) electrons. The van der Waals surface area contributed by atoms with Crippen molar-refractivity contribution in [1.29, 1.82) is 0 Å². The number of ether oxygens (including phenoxy) is 1. The predicted molar refractivity (Wildman–Crippen MR) is 133 cm³/mol. The van der Waals surface area contributed by atoms with E-state index in [1.165, 1.54) is 4.31 Å². The maximum atomic E-state index is 13.8. The SMILES string of the molecule is C=C1CN(S(=O)(=O)c2ccc(C)cc2)CC(C)OC(=O)C(c2ccccc2)(c2ccccc2)C1. The van der Waals surface area contributed by atoms with Gasteiger partial charge in [0.1, 0.15) is 11.5 Å². The van der Waals surface area contributed by atoms with Gasteiger partial charge in [-0.05, 0) is 43.5 Å². The van der Waals surface area contributed by atoms with Crippen LogP contribution in [0, 0.1) is 6.92 Å². The van der Waals surface area contributed by atoms with Crippen molar-refractivity contribution in [2.45, 2.75) is 36.7 Å². The number of aryl methyl sites for hydroxylation is 1. The number of hydrogen-bond acceptors (Lipinski definition) is 4. The maximum absolute atomic E-state index is 13.8. The number of hydrogen-bond donors (Lipinski definition) is 0. The Bertz CT molecular complexity index is 1230. The molecule has 0 aromatic heterocycles. The first kappa shape index (κ1) is 23.9. The van der Waals surface area contributed by atoms with Crippen LogP contribution in [0.3, 0.4) is 0 Å². The smallest absolute Gasteiger partial charge is 0.321 e. The largest absolute Gasteiger partial charge is 0.460 e. The number of carbonyl (C=O) groups is 1. The van der Waals surface area contributed by atoms with Crippen LogP contribution >= 0.6 is 0 Å². The summed E-state index contributed by atoms with van der Waals surface area (Å²) in [6, 6.07) is 25.7. The molecule has 1 unspecified atom stereocenters. The zero-order valence-corrected chi connectivity index (χ0v) is 20.3. The van der Waals surface area contributed by atoms with Gasteiger partial charge in [-0.25, -0.2) is 8.42 Å². The monoisotopic (exact) mass is 475 g/mol. The summed E-state index contributed by atoms with van der Waals surface area (Å²) < 4.78 is 34.3. The van der Waals surface area contributed by atoms with Gasteiger partial charge in [0.05, 0.1) is 11.4 Å². The Hall–Kier alpha value is -3.22. The second-order valence-corrected chi connectivity index (χ2v) is 10.8. The van der Waals surface area contributed by atoms with E-state index in [1.54, 1.807) is 31.2 Å². The van der Waals surface area contributed by atoms with Crippen LogP contribution in [0.2, 0.25) is 0 Å². The Morgan fingerprint density at radius 3 is 1.97 bits per heavy atom. The van der Waals surface area contributed by atoms with Crippen molar-refractivity contribution in [3.05, 3.63) is 114 Å². The molecule has 0 bridgehead atoms. The Morgan fingerprint density at radius 1 is 0.912 bits per heavy atom. The van der Waals surface area contributed by atoms with Gasteiger partial charge in [-0.2, -0.15) is 4.31 Å². The van der Waals surface area contributed by atoms with Gasteiger partial charge in [-0.1, -0.05) is 90.5 Å². The molecule has 1 aliphatic heterocycles. The number of rotatable bonds is 4. The molecule has 6 heteroatoms. The first-order chi connectivity index (χ1) is 16.2. The van der Waals surface area contributed by atoms with Crippen LogP contribution in [0.5, 0.6) is 0 Å². The topological polar surface area (TPSA) is 63.7 Å². The molecule has 1 saturated heterocycles. The number of benzene rings is 3. The van der Waals surface area contributed by atoms with E-state index in [-0.39, 0.29) is 24.4 Å². The summed E-state index contributed by atoms with van der Waals surface area (Å²) in [5.41, 5.74) is 2.06. The van der Waals surface area contributed by atoms with Crippen molar-refractivity contribution in [3.63, 3.8) is 0 Å². The van der Waals surface area contributed by atoms with Gasteiger partial charge in [0.2, 0.25) is 10.0 Å². The fourth-order valence-corrected chi connectivity index (χ4v) is 6.06. The van der Waals surface area contributed by atoms with Crippen molar-refractivity contribution < 1.29 is 17.9 Å². The zero-order chi connectivity index (χ0) is 24.3. The van der Waals surface area contributed by atoms with Crippen LogP contribution in [0.4, 0.5) is 0 Å². The van der Waals surface area contributed by atoms with Gasteiger partial charge in [-0.15, -0.1) is 0 Å². The highest BCUT2D eigenvalue weighted by Crippen LogP contribution is 2.40. The minimum atomic E-state index is -3.80. The van der Waals surface area contributed by atoms with Gasteiger partial charge in [0, 0.05) is 6.54 Å². The highest BCUT2D eigenvalue weighted by Gasteiger charge is 2.46. The second kappa shape index (κ2) is 9.57. The molecule has 1 fully saturated rings. The van der Waals surface area contributed by atoms with E-state index < -0.39 is 27.5 Å². The number of cyclic esters (lactones) is 1. The van der Waals surface area contributed by atoms with E-state index in [2.05, 4.69) is 6.58 Å². The predicted octanol–water partition coefficient (Wildman–Crippen LogP) is 4.86. The standard InChI is InChI=1S/C28H29NO4S/c1-21-14-16-26(17-15-21)34(31,32)29-19-22(2)18-28(24-10-6-4-7-11-24,25-12-8-5-9-13-25)27(30)33-23(3)20-29/h4-17,23H,2,18-20H2,1,3H3. The molecule has 0 aliphatic carbocycles. The Balaban J connectivity index is 1.79. The van der Waals surface area contributed by atoms with Gasteiger partial charge >= 0.3 is 5.97 Å². The fourth-order valence-electron chi connectivity index (χ4n) is 4.52. The quantitative estimate of drug-likeness (QED) is 0.399. The molecule has 3 aromatic carbocycles. The van der Waals surface area contributed by atoms with Crippen molar-refractivity contribution in [3.8, 4) is 0 Å². The first-order valence-corrected chi connectivity index (χ1v) is 12.7. The maximum Gasteiger partial charge on any atom is 0.321 e. The average molecular weight is 476 g/mol. The van der Waals surface area contributed by atoms with Gasteiger partial charge < -0.3 is 4.74 Å². The molecule has 0 saturated carbocycles. The summed E-state index contributed by atoms with van der Waals surface area (Å²) in [4.78, 5) is 14.0. The second-order valence-electron chi connectivity index (χ2n) is 8.89. The molecule has 4 rings (SSSR count). The van der Waals surface area contributed by atoms with E-state index in [9.17, 15) is 13.2 Å². The van der Waals surface area contributed by atoms with E-state index in [0.717, 1.165) is 16.7 Å². The number of nitrogens with zero attached hydrogens (tertiary/aromatic N) is 1. The molecule has 0 spiro atoms. The number of esters is 1. The van der Waals surface area contributed by atoms with E-state index in [0.29, 0.717) is 5.57 Å². The molecule has 1 atom stereocenters. The van der Waals surface area contributed by atoms with Gasteiger partial charge in [0.15, 0.2) is 0 Å². The zero-order valence-electron chi connectivity index (χ0n) is 19.5. The summed E-state index contributed by atoms with van der Waals surface area (Å²) in [6.07, 6.45) is -0.419. The minimum Gasteiger partial charge on any atom is -0.460 e. The molecule has 0 amide bonds. The van der Waals surface area contributed by atoms with Crippen LogP contribution < -0.4 is 0 Å². The fraction of sp³-hybridized carbons (Fsp3) is 0.250. The lowest BCUT2D eigenvalue weighted by Crippen LogP contribution is -2.41. The average Bonchev–Trinajstić information content (AvgIpc) is 2.87. The summed E-state index contributed by atoms with van der Waals surface area (Å²) in [5, 5.41) is 0. The minimum absolute atomic E-state index is 0.0423. The summed E-state index contributed by atoms with van der Waals surface area (Å²) in [7, 11) is -3.80. The van der Waals surface area contributed by atoms with E-state index >= 15 is 0 Å². The Labute approximate surface area is 201 Å². The normalized spacial score (nSPS) is 19.5. The Kier molecular flexibility index (Phi) is 6.73. The van der Waals surface area contributed by atoms with Crippen LogP contribution in [0.25, 0.3) is 0 Å². The van der Waals surface area contributed by atoms with Crippen LogP contribution in [-0.2, 0) is 25.0 Å². The lowest BCUT2D eigenvalue weighted by Gasteiger charge is -2.33. The Morgan fingerprint density at radius 2 is 1.44 bits per heavy atom. The van der Waals surface area contributed by atoms with Gasteiger partial charge in [-0.3, -0.25) is 4.79 Å². The van der Waals surface area contributed by atoms with Gasteiger partial charge in [0.25, 0.3) is 0 Å². The molecule has 34 heavy (non-hydrogen) atoms. The van der Waals surface area contributed by atoms with Crippen molar-refractivity contribution in [1.82, 2.24) is 4.31 Å². The molecule has 5 nitrogen and oxygen atoms in total. The summed E-state index contributed by atoms with van der Waals surface area (Å²) in [6.45, 7) is 8.00. The van der Waals surface area contributed by atoms with Crippen LogP contribution in [-0.4, -0.2) is 37.9 Å².